The fourth-order valence-corrected chi connectivity index (χ4v) is 2.90. The topological polar surface area (TPSA) is 76.7 Å². The van der Waals surface area contributed by atoms with Crippen LogP contribution in [-0.4, -0.2) is 15.0 Å². The second kappa shape index (κ2) is 5.55. The van der Waals surface area contributed by atoms with Gasteiger partial charge in [0.05, 0.1) is 5.02 Å². The molecule has 1 aliphatic rings. The molecule has 3 rings (SSSR count). The van der Waals surface area contributed by atoms with Crippen molar-refractivity contribution in [3.05, 3.63) is 34.7 Å². The summed E-state index contributed by atoms with van der Waals surface area (Å²) in [6, 6.07) is 3.62. The molecule has 0 amide bonds. The normalized spacial score (nSPS) is 14.3. The molecule has 104 valence electrons. The molecule has 0 radical (unpaired) electrons. The quantitative estimate of drug-likeness (QED) is 0.513. The van der Waals surface area contributed by atoms with Crippen molar-refractivity contribution >= 4 is 29.2 Å². The summed E-state index contributed by atoms with van der Waals surface area (Å²) in [5.41, 5.74) is 3.55. The van der Waals surface area contributed by atoms with Gasteiger partial charge in [0, 0.05) is 17.7 Å². The molecule has 0 saturated heterocycles. The minimum absolute atomic E-state index is 0.459. The predicted molar refractivity (Wildman–Crippen MR) is 79.9 cm³/mol. The molecular weight excluding hydrogens is 294 g/mol. The number of nitrogens with zero attached hydrogens (tertiary/aromatic N) is 3. The van der Waals surface area contributed by atoms with Gasteiger partial charge in [0.2, 0.25) is 0 Å². The number of nitrogens with one attached hydrogen (secondary N) is 1. The fourth-order valence-electron chi connectivity index (χ4n) is 1.81. The van der Waals surface area contributed by atoms with Crippen molar-refractivity contribution in [1.29, 1.82) is 0 Å². The Morgan fingerprint density at radius 2 is 2.15 bits per heavy atom. The Balaban J connectivity index is 1.99. The van der Waals surface area contributed by atoms with Gasteiger partial charge in [-0.1, -0.05) is 11.6 Å². The number of hydrogen-bond acceptors (Lipinski definition) is 6. The Bertz CT molecular complexity index is 645. The van der Waals surface area contributed by atoms with Gasteiger partial charge in [-0.3, -0.25) is 0 Å². The standard InChI is InChI=1S/C13H14ClN5S/c1-7-10(19-15)17-11(8-4-5-8)18-12(7)20-13-9(14)3-2-6-16-13/h2-3,6,8H,4-5,15H2,1H3,(H,17,18,19). The first-order valence-corrected chi connectivity index (χ1v) is 7.52. The van der Waals surface area contributed by atoms with Crippen LogP contribution in [-0.2, 0) is 0 Å². The van der Waals surface area contributed by atoms with E-state index in [0.717, 1.165) is 34.3 Å². The number of nitrogen functional groups attached to an aromatic ring is 1. The van der Waals surface area contributed by atoms with Gasteiger partial charge in [-0.15, -0.1) is 0 Å². The minimum atomic E-state index is 0.459. The molecule has 0 spiro atoms. The van der Waals surface area contributed by atoms with Gasteiger partial charge in [-0.2, -0.15) is 0 Å². The molecule has 1 aliphatic carbocycles. The van der Waals surface area contributed by atoms with Crippen LogP contribution in [0.4, 0.5) is 5.82 Å². The predicted octanol–water partition coefficient (Wildman–Crippen LogP) is 3.15. The van der Waals surface area contributed by atoms with Gasteiger partial charge < -0.3 is 5.43 Å². The number of nitrogens with two attached hydrogens (primary N) is 1. The number of aromatic nitrogens is 3. The molecule has 0 unspecified atom stereocenters. The lowest BCUT2D eigenvalue weighted by molar-refractivity contribution is 0.861. The molecule has 7 heteroatoms. The lowest BCUT2D eigenvalue weighted by Crippen LogP contribution is -2.13. The van der Waals surface area contributed by atoms with Crippen LogP contribution < -0.4 is 11.3 Å². The smallest absolute Gasteiger partial charge is 0.147 e. The largest absolute Gasteiger partial charge is 0.308 e. The van der Waals surface area contributed by atoms with E-state index in [1.54, 1.807) is 6.20 Å². The monoisotopic (exact) mass is 307 g/mol. The number of halogens is 1. The summed E-state index contributed by atoms with van der Waals surface area (Å²) in [7, 11) is 0. The first-order chi connectivity index (χ1) is 9.69. The summed E-state index contributed by atoms with van der Waals surface area (Å²) < 4.78 is 0. The van der Waals surface area contributed by atoms with E-state index in [2.05, 4.69) is 20.4 Å². The zero-order chi connectivity index (χ0) is 14.1. The highest BCUT2D eigenvalue weighted by Crippen LogP contribution is 2.41. The van der Waals surface area contributed by atoms with Crippen LogP contribution in [0.25, 0.3) is 0 Å². The SMILES string of the molecule is Cc1c(NN)nc(C2CC2)nc1Sc1ncccc1Cl. The number of rotatable bonds is 4. The van der Waals surface area contributed by atoms with Crippen LogP contribution in [0, 0.1) is 6.92 Å². The van der Waals surface area contributed by atoms with E-state index in [9.17, 15) is 0 Å². The van der Waals surface area contributed by atoms with Gasteiger partial charge in [0.15, 0.2) is 0 Å². The van der Waals surface area contributed by atoms with E-state index < -0.39 is 0 Å². The van der Waals surface area contributed by atoms with Gasteiger partial charge >= 0.3 is 0 Å². The molecule has 3 N–H and O–H groups in total. The maximum atomic E-state index is 6.15. The molecule has 0 bridgehead atoms. The zero-order valence-corrected chi connectivity index (χ0v) is 12.5. The highest BCUT2D eigenvalue weighted by atomic mass is 35.5. The first-order valence-electron chi connectivity index (χ1n) is 6.32. The van der Waals surface area contributed by atoms with Crippen molar-refractivity contribution in [1.82, 2.24) is 15.0 Å². The molecule has 0 aliphatic heterocycles. The van der Waals surface area contributed by atoms with E-state index in [0.29, 0.717) is 16.8 Å². The molecule has 0 atom stereocenters. The lowest BCUT2D eigenvalue weighted by Gasteiger charge is -2.11. The second-order valence-corrected chi connectivity index (χ2v) is 6.06. The fraction of sp³-hybridized carbons (Fsp3) is 0.308. The van der Waals surface area contributed by atoms with E-state index in [-0.39, 0.29) is 0 Å². The number of pyridine rings is 1. The minimum Gasteiger partial charge on any atom is -0.308 e. The molecular formula is C13H14ClN5S. The van der Waals surface area contributed by atoms with Crippen molar-refractivity contribution in [2.45, 2.75) is 35.7 Å². The Kier molecular flexibility index (Phi) is 3.78. The average Bonchev–Trinajstić information content (AvgIpc) is 3.28. The Morgan fingerprint density at radius 1 is 1.35 bits per heavy atom. The molecule has 2 heterocycles. The van der Waals surface area contributed by atoms with Crippen molar-refractivity contribution in [3.8, 4) is 0 Å². The van der Waals surface area contributed by atoms with Crippen molar-refractivity contribution < 1.29 is 0 Å². The summed E-state index contributed by atoms with van der Waals surface area (Å²) in [6.45, 7) is 1.94. The first kappa shape index (κ1) is 13.6. The van der Waals surface area contributed by atoms with Gasteiger partial charge in [0.25, 0.3) is 0 Å². The third kappa shape index (κ3) is 2.72. The van der Waals surface area contributed by atoms with Crippen molar-refractivity contribution in [2.75, 3.05) is 5.43 Å². The molecule has 1 saturated carbocycles. The maximum Gasteiger partial charge on any atom is 0.147 e. The van der Waals surface area contributed by atoms with E-state index in [1.165, 1.54) is 11.8 Å². The molecule has 2 aromatic rings. The zero-order valence-electron chi connectivity index (χ0n) is 10.9. The highest BCUT2D eigenvalue weighted by Gasteiger charge is 2.28. The second-order valence-electron chi connectivity index (χ2n) is 4.67. The lowest BCUT2D eigenvalue weighted by atomic mass is 10.3. The molecule has 5 nitrogen and oxygen atoms in total. The molecule has 0 aromatic carbocycles. The van der Waals surface area contributed by atoms with Crippen LogP contribution in [0.5, 0.6) is 0 Å². The van der Waals surface area contributed by atoms with E-state index in [1.807, 2.05) is 19.1 Å². The van der Waals surface area contributed by atoms with Crippen LogP contribution in [0.1, 0.15) is 30.1 Å². The third-order valence-electron chi connectivity index (χ3n) is 3.12. The van der Waals surface area contributed by atoms with Crippen LogP contribution >= 0.6 is 23.4 Å². The molecule has 2 aromatic heterocycles. The van der Waals surface area contributed by atoms with E-state index in [4.69, 9.17) is 17.4 Å². The Hall–Kier alpha value is -1.37. The number of hydrogen-bond donors (Lipinski definition) is 2. The number of hydrazine groups is 1. The summed E-state index contributed by atoms with van der Waals surface area (Å²) in [5, 5.41) is 2.20. The van der Waals surface area contributed by atoms with Gasteiger partial charge in [-0.25, -0.2) is 20.8 Å². The summed E-state index contributed by atoms with van der Waals surface area (Å²) >= 11 is 7.59. The number of anilines is 1. The molecule has 1 fully saturated rings. The van der Waals surface area contributed by atoms with Crippen LogP contribution in [0.3, 0.4) is 0 Å². The summed E-state index contributed by atoms with van der Waals surface area (Å²) in [5.74, 6) is 7.51. The average molecular weight is 308 g/mol. The highest BCUT2D eigenvalue weighted by molar-refractivity contribution is 7.99. The summed E-state index contributed by atoms with van der Waals surface area (Å²) in [6.07, 6.45) is 4.00. The van der Waals surface area contributed by atoms with Gasteiger partial charge in [0.1, 0.15) is 21.7 Å². The maximum absolute atomic E-state index is 6.15. The van der Waals surface area contributed by atoms with E-state index >= 15 is 0 Å². The van der Waals surface area contributed by atoms with Crippen molar-refractivity contribution in [3.63, 3.8) is 0 Å². The van der Waals surface area contributed by atoms with Crippen LogP contribution in [0.2, 0.25) is 5.02 Å². The summed E-state index contributed by atoms with van der Waals surface area (Å²) in [4.78, 5) is 13.4. The molecule has 20 heavy (non-hydrogen) atoms. The van der Waals surface area contributed by atoms with Crippen LogP contribution in [0.15, 0.2) is 28.4 Å². The van der Waals surface area contributed by atoms with Gasteiger partial charge in [-0.05, 0) is 43.7 Å². The Morgan fingerprint density at radius 3 is 2.80 bits per heavy atom. The van der Waals surface area contributed by atoms with Crippen molar-refractivity contribution in [2.24, 2.45) is 5.84 Å². The third-order valence-corrected chi connectivity index (χ3v) is 4.64. The Labute approximate surface area is 126 Å².